The van der Waals surface area contributed by atoms with Gasteiger partial charge in [0.25, 0.3) is 10.0 Å². The van der Waals surface area contributed by atoms with Gasteiger partial charge in [0, 0.05) is 11.1 Å². The molecule has 1 N–H and O–H groups in total. The lowest BCUT2D eigenvalue weighted by atomic mass is 10.0. The van der Waals surface area contributed by atoms with Gasteiger partial charge < -0.3 is 4.42 Å². The Bertz CT molecular complexity index is 1350. The van der Waals surface area contributed by atoms with Gasteiger partial charge in [-0.15, -0.1) is 0 Å². The van der Waals surface area contributed by atoms with Crippen molar-refractivity contribution in [3.05, 3.63) is 94.3 Å². The summed E-state index contributed by atoms with van der Waals surface area (Å²) in [5, 5.41) is 0.629. The standard InChI is InChI=1S/C23H19NO4S/c1-15-3-7-17(8-4-15)21-14-18-13-19(9-12-22(18)28-23(21)25)24-29(26,27)20-10-5-16(2)6-11-20/h3-14,24H,1-2H3. The zero-order valence-corrected chi connectivity index (χ0v) is 16.8. The second-order valence-corrected chi connectivity index (χ2v) is 8.67. The maximum Gasteiger partial charge on any atom is 0.344 e. The van der Waals surface area contributed by atoms with Crippen molar-refractivity contribution >= 4 is 26.7 Å². The summed E-state index contributed by atoms with van der Waals surface area (Å²) < 4.78 is 33.3. The van der Waals surface area contributed by atoms with Crippen molar-refractivity contribution < 1.29 is 12.8 Å². The molecule has 146 valence electrons. The largest absolute Gasteiger partial charge is 0.422 e. The fraction of sp³-hybridized carbons (Fsp3) is 0.0870. The minimum Gasteiger partial charge on any atom is -0.422 e. The first-order chi connectivity index (χ1) is 13.8. The van der Waals surface area contributed by atoms with Gasteiger partial charge in [0.2, 0.25) is 0 Å². The molecule has 0 bridgehead atoms. The number of benzene rings is 3. The molecular weight excluding hydrogens is 386 g/mol. The van der Waals surface area contributed by atoms with Gasteiger partial charge in [-0.2, -0.15) is 0 Å². The van der Waals surface area contributed by atoms with Crippen molar-refractivity contribution in [2.45, 2.75) is 18.7 Å². The Morgan fingerprint density at radius 3 is 2.07 bits per heavy atom. The first-order valence-corrected chi connectivity index (χ1v) is 10.5. The molecule has 0 radical (unpaired) electrons. The van der Waals surface area contributed by atoms with Gasteiger partial charge in [0.15, 0.2) is 0 Å². The Morgan fingerprint density at radius 2 is 1.41 bits per heavy atom. The molecule has 0 unspecified atom stereocenters. The number of hydrogen-bond donors (Lipinski definition) is 1. The minimum absolute atomic E-state index is 0.183. The smallest absolute Gasteiger partial charge is 0.344 e. The summed E-state index contributed by atoms with van der Waals surface area (Å²) in [5.41, 5.74) is 3.59. The van der Waals surface area contributed by atoms with Crippen LogP contribution in [0.2, 0.25) is 0 Å². The summed E-state index contributed by atoms with van der Waals surface area (Å²) in [5.74, 6) is 0. The van der Waals surface area contributed by atoms with E-state index in [1.807, 2.05) is 38.1 Å². The van der Waals surface area contributed by atoms with Gasteiger partial charge in [-0.25, -0.2) is 13.2 Å². The molecule has 4 aromatic rings. The summed E-state index contributed by atoms with van der Waals surface area (Å²) in [4.78, 5) is 12.6. The molecule has 5 nitrogen and oxygen atoms in total. The number of sulfonamides is 1. The maximum atomic E-state index is 12.6. The van der Waals surface area contributed by atoms with E-state index in [1.165, 1.54) is 0 Å². The third-order valence-electron chi connectivity index (χ3n) is 4.68. The molecule has 1 aromatic heterocycles. The van der Waals surface area contributed by atoms with E-state index in [9.17, 15) is 13.2 Å². The molecule has 6 heteroatoms. The number of hydrogen-bond acceptors (Lipinski definition) is 4. The Balaban J connectivity index is 1.73. The number of aryl methyl sites for hydroxylation is 2. The normalized spacial score (nSPS) is 11.5. The molecule has 0 spiro atoms. The minimum atomic E-state index is -3.72. The van der Waals surface area contributed by atoms with Crippen LogP contribution in [0, 0.1) is 13.8 Å². The van der Waals surface area contributed by atoms with Crippen LogP contribution in [0.4, 0.5) is 5.69 Å². The summed E-state index contributed by atoms with van der Waals surface area (Å²) in [6.45, 7) is 3.87. The van der Waals surface area contributed by atoms with E-state index in [0.717, 1.165) is 16.7 Å². The van der Waals surface area contributed by atoms with Crippen molar-refractivity contribution in [2.75, 3.05) is 4.72 Å². The molecular formula is C23H19NO4S. The third kappa shape index (κ3) is 3.93. The van der Waals surface area contributed by atoms with Crippen molar-refractivity contribution in [3.8, 4) is 11.1 Å². The first kappa shape index (κ1) is 19.0. The van der Waals surface area contributed by atoms with Crippen LogP contribution in [0.15, 0.2) is 86.9 Å². The summed E-state index contributed by atoms with van der Waals surface area (Å²) in [6.07, 6.45) is 0. The SMILES string of the molecule is Cc1ccc(-c2cc3cc(NS(=O)(=O)c4ccc(C)cc4)ccc3oc2=O)cc1. The lowest BCUT2D eigenvalue weighted by molar-refractivity contribution is 0.563. The Labute approximate surface area is 168 Å². The molecule has 4 rings (SSSR count). The molecule has 0 saturated heterocycles. The average molecular weight is 405 g/mol. The molecule has 0 aliphatic carbocycles. The molecule has 0 saturated carbocycles. The summed E-state index contributed by atoms with van der Waals surface area (Å²) >= 11 is 0. The predicted molar refractivity (Wildman–Crippen MR) is 115 cm³/mol. The van der Waals surface area contributed by atoms with Crippen molar-refractivity contribution in [2.24, 2.45) is 0 Å². The Kier molecular flexibility index (Phi) is 4.72. The van der Waals surface area contributed by atoms with Crippen LogP contribution in [0.1, 0.15) is 11.1 Å². The molecule has 29 heavy (non-hydrogen) atoms. The van der Waals surface area contributed by atoms with Crippen LogP contribution in [-0.2, 0) is 10.0 Å². The van der Waals surface area contributed by atoms with Crippen LogP contribution in [0.3, 0.4) is 0 Å². The summed E-state index contributed by atoms with van der Waals surface area (Å²) in [6, 6.07) is 20.7. The predicted octanol–water partition coefficient (Wildman–Crippen LogP) is 4.88. The van der Waals surface area contributed by atoms with E-state index >= 15 is 0 Å². The molecule has 0 fully saturated rings. The fourth-order valence-corrected chi connectivity index (χ4v) is 4.10. The van der Waals surface area contributed by atoms with Crippen molar-refractivity contribution in [1.82, 2.24) is 0 Å². The van der Waals surface area contributed by atoms with E-state index in [-0.39, 0.29) is 4.90 Å². The highest BCUT2D eigenvalue weighted by Gasteiger charge is 2.15. The molecule has 0 aliphatic heterocycles. The van der Waals surface area contributed by atoms with Crippen molar-refractivity contribution in [3.63, 3.8) is 0 Å². The van der Waals surface area contributed by atoms with Gasteiger partial charge in [-0.05, 0) is 55.8 Å². The number of rotatable bonds is 4. The molecule has 0 amide bonds. The zero-order valence-electron chi connectivity index (χ0n) is 16.0. The lowest BCUT2D eigenvalue weighted by Crippen LogP contribution is -2.13. The lowest BCUT2D eigenvalue weighted by Gasteiger charge is -2.09. The van der Waals surface area contributed by atoms with Crippen LogP contribution in [0.5, 0.6) is 0 Å². The van der Waals surface area contributed by atoms with Gasteiger partial charge in [-0.3, -0.25) is 4.72 Å². The molecule has 3 aromatic carbocycles. The molecule has 0 aliphatic rings. The van der Waals surface area contributed by atoms with E-state index in [0.29, 0.717) is 22.2 Å². The van der Waals surface area contributed by atoms with Gasteiger partial charge >= 0.3 is 5.63 Å². The highest BCUT2D eigenvalue weighted by Crippen LogP contribution is 2.25. The summed E-state index contributed by atoms with van der Waals surface area (Å²) in [7, 11) is -3.72. The average Bonchev–Trinajstić information content (AvgIpc) is 2.68. The fourth-order valence-electron chi connectivity index (χ4n) is 3.05. The van der Waals surface area contributed by atoms with Gasteiger partial charge in [-0.1, -0.05) is 47.5 Å². The number of anilines is 1. The molecule has 0 atom stereocenters. The second-order valence-electron chi connectivity index (χ2n) is 6.98. The monoisotopic (exact) mass is 405 g/mol. The molecule has 1 heterocycles. The van der Waals surface area contributed by atoms with Crippen LogP contribution < -0.4 is 10.3 Å². The van der Waals surface area contributed by atoms with Crippen LogP contribution in [-0.4, -0.2) is 8.42 Å². The van der Waals surface area contributed by atoms with E-state index < -0.39 is 15.6 Å². The van der Waals surface area contributed by atoms with Gasteiger partial charge in [0.05, 0.1) is 10.5 Å². The van der Waals surface area contributed by atoms with E-state index in [4.69, 9.17) is 4.42 Å². The van der Waals surface area contributed by atoms with Crippen LogP contribution >= 0.6 is 0 Å². The number of nitrogens with one attached hydrogen (secondary N) is 1. The quantitative estimate of drug-likeness (QED) is 0.491. The number of fused-ring (bicyclic) bond motifs is 1. The second kappa shape index (κ2) is 7.22. The topological polar surface area (TPSA) is 76.4 Å². The zero-order chi connectivity index (χ0) is 20.6. The van der Waals surface area contributed by atoms with Gasteiger partial charge in [0.1, 0.15) is 5.58 Å². The van der Waals surface area contributed by atoms with E-state index in [1.54, 1.807) is 48.5 Å². The van der Waals surface area contributed by atoms with E-state index in [2.05, 4.69) is 4.72 Å². The highest BCUT2D eigenvalue weighted by atomic mass is 32.2. The Morgan fingerprint density at radius 1 is 0.793 bits per heavy atom. The third-order valence-corrected chi connectivity index (χ3v) is 6.08. The van der Waals surface area contributed by atoms with Crippen LogP contribution in [0.25, 0.3) is 22.1 Å². The highest BCUT2D eigenvalue weighted by molar-refractivity contribution is 7.92. The maximum absolute atomic E-state index is 12.6. The first-order valence-electron chi connectivity index (χ1n) is 9.06. The van der Waals surface area contributed by atoms with Crippen molar-refractivity contribution in [1.29, 1.82) is 0 Å². The Hall–Kier alpha value is -3.38.